The van der Waals surface area contributed by atoms with E-state index in [1.165, 1.54) is 24.7 Å². The van der Waals surface area contributed by atoms with E-state index in [1.54, 1.807) is 0 Å². The predicted octanol–water partition coefficient (Wildman–Crippen LogP) is 2.39. The second kappa shape index (κ2) is 5.88. The number of halogens is 3. The number of pyridine rings is 1. The number of hydrogen-bond acceptors (Lipinski definition) is 5. The second-order valence-corrected chi connectivity index (χ2v) is 4.75. The van der Waals surface area contributed by atoms with Crippen molar-refractivity contribution in [2.45, 2.75) is 6.18 Å². The largest absolute Gasteiger partial charge is 0.418 e. The molecule has 2 aromatic heterocycles. The monoisotopic (exact) mass is 310 g/mol. The highest BCUT2D eigenvalue weighted by molar-refractivity contribution is 5.62. The van der Waals surface area contributed by atoms with E-state index in [9.17, 15) is 13.2 Å². The van der Waals surface area contributed by atoms with E-state index >= 15 is 0 Å². The molecule has 0 aliphatic carbocycles. The normalized spacial score (nSPS) is 15.9. The molecule has 0 bridgehead atoms. The standard InChI is InChI=1S/C14H13F3N4O/c15-14(16,17)10-1-2-12(21-5-7-22-8-6-21)20-13(10)11-9-18-3-4-19-11/h1-4,9H,5-8H2. The summed E-state index contributed by atoms with van der Waals surface area (Å²) in [7, 11) is 0. The van der Waals surface area contributed by atoms with Crippen molar-refractivity contribution >= 4 is 5.82 Å². The fourth-order valence-electron chi connectivity index (χ4n) is 2.26. The molecule has 8 heteroatoms. The highest BCUT2D eigenvalue weighted by atomic mass is 19.4. The first-order valence-electron chi connectivity index (χ1n) is 6.73. The van der Waals surface area contributed by atoms with Crippen molar-refractivity contribution in [3.05, 3.63) is 36.3 Å². The van der Waals surface area contributed by atoms with Crippen LogP contribution in [0.2, 0.25) is 0 Å². The SMILES string of the molecule is FC(F)(F)c1ccc(N2CCOCC2)nc1-c1cnccn1. The molecule has 0 amide bonds. The van der Waals surface area contributed by atoms with Gasteiger partial charge in [-0.3, -0.25) is 9.97 Å². The van der Waals surface area contributed by atoms with Crippen LogP contribution in [-0.2, 0) is 10.9 Å². The van der Waals surface area contributed by atoms with Crippen molar-refractivity contribution < 1.29 is 17.9 Å². The molecule has 2 aromatic rings. The third-order valence-electron chi connectivity index (χ3n) is 3.33. The Morgan fingerprint density at radius 3 is 2.50 bits per heavy atom. The topological polar surface area (TPSA) is 51.1 Å². The smallest absolute Gasteiger partial charge is 0.378 e. The summed E-state index contributed by atoms with van der Waals surface area (Å²) in [5, 5.41) is 0. The quantitative estimate of drug-likeness (QED) is 0.852. The van der Waals surface area contributed by atoms with Gasteiger partial charge < -0.3 is 9.64 Å². The molecule has 0 radical (unpaired) electrons. The molecule has 5 nitrogen and oxygen atoms in total. The number of hydrogen-bond donors (Lipinski definition) is 0. The van der Waals surface area contributed by atoms with E-state index in [0.29, 0.717) is 32.1 Å². The molecular weight excluding hydrogens is 297 g/mol. The van der Waals surface area contributed by atoms with Crippen LogP contribution in [0.1, 0.15) is 5.56 Å². The molecule has 0 N–H and O–H groups in total. The Labute approximate surface area is 124 Å². The van der Waals surface area contributed by atoms with Gasteiger partial charge in [-0.05, 0) is 12.1 Å². The molecule has 3 heterocycles. The van der Waals surface area contributed by atoms with Gasteiger partial charge in [-0.25, -0.2) is 4.98 Å². The lowest BCUT2D eigenvalue weighted by Crippen LogP contribution is -2.36. The van der Waals surface area contributed by atoms with Crippen molar-refractivity contribution in [1.82, 2.24) is 15.0 Å². The Hall–Kier alpha value is -2.22. The van der Waals surface area contributed by atoms with Gasteiger partial charge in [0.05, 0.1) is 25.0 Å². The summed E-state index contributed by atoms with van der Waals surface area (Å²) in [6.45, 7) is 2.25. The Bertz CT molecular complexity index is 642. The minimum atomic E-state index is -4.50. The van der Waals surface area contributed by atoms with Gasteiger partial charge in [-0.2, -0.15) is 13.2 Å². The molecular formula is C14H13F3N4O. The van der Waals surface area contributed by atoms with Gasteiger partial charge in [-0.15, -0.1) is 0 Å². The number of aromatic nitrogens is 3. The third-order valence-corrected chi connectivity index (χ3v) is 3.33. The summed E-state index contributed by atoms with van der Waals surface area (Å²) in [4.78, 5) is 13.8. The molecule has 0 atom stereocenters. The molecule has 116 valence electrons. The van der Waals surface area contributed by atoms with E-state index in [-0.39, 0.29) is 11.4 Å². The van der Waals surface area contributed by atoms with Crippen molar-refractivity contribution in [3.63, 3.8) is 0 Å². The minimum Gasteiger partial charge on any atom is -0.378 e. The van der Waals surface area contributed by atoms with Crippen LogP contribution in [0.25, 0.3) is 11.4 Å². The van der Waals surface area contributed by atoms with Gasteiger partial charge in [0.1, 0.15) is 17.2 Å². The van der Waals surface area contributed by atoms with E-state index < -0.39 is 11.7 Å². The van der Waals surface area contributed by atoms with Gasteiger partial charge in [0.2, 0.25) is 0 Å². The van der Waals surface area contributed by atoms with Gasteiger partial charge >= 0.3 is 6.18 Å². The van der Waals surface area contributed by atoms with Crippen LogP contribution < -0.4 is 4.90 Å². The number of ether oxygens (including phenoxy) is 1. The van der Waals surface area contributed by atoms with Crippen molar-refractivity contribution in [3.8, 4) is 11.4 Å². The number of morpholine rings is 1. The first-order valence-corrected chi connectivity index (χ1v) is 6.73. The van der Waals surface area contributed by atoms with Crippen LogP contribution in [-0.4, -0.2) is 41.3 Å². The molecule has 0 aromatic carbocycles. The molecule has 1 aliphatic rings. The maximum atomic E-state index is 13.2. The van der Waals surface area contributed by atoms with Gasteiger partial charge in [-0.1, -0.05) is 0 Å². The van der Waals surface area contributed by atoms with Crippen LogP contribution in [0, 0.1) is 0 Å². The second-order valence-electron chi connectivity index (χ2n) is 4.75. The third kappa shape index (κ3) is 3.01. The van der Waals surface area contributed by atoms with E-state index in [0.717, 1.165) is 6.07 Å². The Morgan fingerprint density at radius 2 is 1.86 bits per heavy atom. The summed E-state index contributed by atoms with van der Waals surface area (Å²) in [6.07, 6.45) is -0.467. The van der Waals surface area contributed by atoms with E-state index in [2.05, 4.69) is 15.0 Å². The lowest BCUT2D eigenvalue weighted by Gasteiger charge is -2.28. The molecule has 1 saturated heterocycles. The van der Waals surface area contributed by atoms with Crippen LogP contribution in [0.3, 0.4) is 0 Å². The zero-order valence-electron chi connectivity index (χ0n) is 11.5. The molecule has 22 heavy (non-hydrogen) atoms. The van der Waals surface area contributed by atoms with Crippen molar-refractivity contribution in [1.29, 1.82) is 0 Å². The molecule has 1 fully saturated rings. The Kier molecular flexibility index (Phi) is 3.93. The summed E-state index contributed by atoms with van der Waals surface area (Å²) in [5.41, 5.74) is -0.917. The van der Waals surface area contributed by atoms with Crippen LogP contribution in [0.5, 0.6) is 0 Å². The summed E-state index contributed by atoms with van der Waals surface area (Å²) >= 11 is 0. The summed E-state index contributed by atoms with van der Waals surface area (Å²) < 4.78 is 44.8. The predicted molar refractivity (Wildman–Crippen MR) is 73.3 cm³/mol. The zero-order valence-corrected chi connectivity index (χ0v) is 11.5. The van der Waals surface area contributed by atoms with Crippen molar-refractivity contribution in [2.24, 2.45) is 0 Å². The average molecular weight is 310 g/mol. The van der Waals surface area contributed by atoms with Crippen LogP contribution in [0.4, 0.5) is 19.0 Å². The highest BCUT2D eigenvalue weighted by Gasteiger charge is 2.35. The van der Waals surface area contributed by atoms with Crippen LogP contribution in [0.15, 0.2) is 30.7 Å². The number of anilines is 1. The summed E-state index contributed by atoms with van der Waals surface area (Å²) in [5.74, 6) is 0.483. The summed E-state index contributed by atoms with van der Waals surface area (Å²) in [6, 6.07) is 2.43. The maximum absolute atomic E-state index is 13.2. The lowest BCUT2D eigenvalue weighted by molar-refractivity contribution is -0.137. The van der Waals surface area contributed by atoms with Crippen molar-refractivity contribution in [2.75, 3.05) is 31.2 Å². The van der Waals surface area contributed by atoms with Gasteiger partial charge in [0, 0.05) is 25.5 Å². The molecule has 0 saturated carbocycles. The maximum Gasteiger partial charge on any atom is 0.418 e. The first kappa shape index (κ1) is 14.7. The fourth-order valence-corrected chi connectivity index (χ4v) is 2.26. The fraction of sp³-hybridized carbons (Fsp3) is 0.357. The Morgan fingerprint density at radius 1 is 1.09 bits per heavy atom. The average Bonchev–Trinajstić information content (AvgIpc) is 2.55. The number of alkyl halides is 3. The van der Waals surface area contributed by atoms with E-state index in [1.807, 2.05) is 4.90 Å². The first-order chi connectivity index (χ1) is 10.6. The van der Waals surface area contributed by atoms with Gasteiger partial charge in [0.25, 0.3) is 0 Å². The van der Waals surface area contributed by atoms with Gasteiger partial charge in [0.15, 0.2) is 0 Å². The molecule has 0 unspecified atom stereocenters. The highest BCUT2D eigenvalue weighted by Crippen LogP contribution is 2.36. The Balaban J connectivity index is 2.06. The molecule has 3 rings (SSSR count). The number of rotatable bonds is 2. The van der Waals surface area contributed by atoms with E-state index in [4.69, 9.17) is 4.74 Å². The number of nitrogens with zero attached hydrogens (tertiary/aromatic N) is 4. The lowest BCUT2D eigenvalue weighted by atomic mass is 10.1. The molecule has 0 spiro atoms. The zero-order chi connectivity index (χ0) is 15.6. The van der Waals surface area contributed by atoms with Crippen LogP contribution >= 0.6 is 0 Å². The minimum absolute atomic E-state index is 0.102. The molecule has 1 aliphatic heterocycles.